The van der Waals surface area contributed by atoms with E-state index in [1.54, 1.807) is 6.20 Å². The van der Waals surface area contributed by atoms with Crippen molar-refractivity contribution in [2.45, 2.75) is 32.4 Å². The van der Waals surface area contributed by atoms with Crippen molar-refractivity contribution in [3.8, 4) is 0 Å². The van der Waals surface area contributed by atoms with Crippen molar-refractivity contribution < 1.29 is 13.2 Å². The lowest BCUT2D eigenvalue weighted by molar-refractivity contribution is -0.121. The molecule has 0 radical (unpaired) electrons. The van der Waals surface area contributed by atoms with E-state index in [1.807, 2.05) is 29.8 Å². The van der Waals surface area contributed by atoms with Crippen molar-refractivity contribution in [1.82, 2.24) is 15.1 Å². The Kier molecular flexibility index (Phi) is 3.90. The summed E-state index contributed by atoms with van der Waals surface area (Å²) in [6.07, 6.45) is 2.59. The maximum absolute atomic E-state index is 12.0. The Morgan fingerprint density at radius 1 is 1.45 bits per heavy atom. The molecule has 6 nitrogen and oxygen atoms in total. The molecule has 2 aromatic rings. The number of benzene rings is 1. The Hall–Kier alpha value is -1.89. The molecule has 2 heterocycles. The Bertz CT molecular complexity index is 811. The highest BCUT2D eigenvalue weighted by Crippen LogP contribution is 2.16. The monoisotopic (exact) mass is 321 g/mol. The molecule has 1 unspecified atom stereocenters. The van der Waals surface area contributed by atoms with Gasteiger partial charge in [-0.15, -0.1) is 0 Å². The summed E-state index contributed by atoms with van der Waals surface area (Å²) in [5.41, 5.74) is 2.16. The lowest BCUT2D eigenvalue weighted by atomic mass is 10.2. The van der Waals surface area contributed by atoms with Crippen LogP contribution in [0.25, 0.3) is 10.9 Å². The molecule has 1 saturated heterocycles. The summed E-state index contributed by atoms with van der Waals surface area (Å²) >= 11 is 0. The molecule has 7 heteroatoms. The van der Waals surface area contributed by atoms with Crippen LogP contribution in [-0.4, -0.2) is 41.7 Å². The fraction of sp³-hybridized carbons (Fsp3) is 0.467. The predicted octanol–water partition coefficient (Wildman–Crippen LogP) is 1.04. The van der Waals surface area contributed by atoms with Gasteiger partial charge in [0.05, 0.1) is 29.8 Å². The van der Waals surface area contributed by atoms with Crippen LogP contribution in [0.3, 0.4) is 0 Å². The summed E-state index contributed by atoms with van der Waals surface area (Å²) in [6.45, 7) is 2.50. The average Bonchev–Trinajstić information content (AvgIpc) is 2.99. The molecule has 1 fully saturated rings. The van der Waals surface area contributed by atoms with Crippen molar-refractivity contribution >= 4 is 26.6 Å². The first-order valence-electron chi connectivity index (χ1n) is 7.35. The van der Waals surface area contributed by atoms with E-state index in [0.29, 0.717) is 19.4 Å². The van der Waals surface area contributed by atoms with Crippen LogP contribution in [0.15, 0.2) is 24.4 Å². The standard InChI is InChI=1S/C15H19N3O3S/c1-11-2-3-12-9-16-18(14(12)8-11)6-4-15(19)17-13-5-7-22(20,21)10-13/h2-3,8-9,13H,4-7,10H2,1H3,(H,17,19). The first kappa shape index (κ1) is 15.0. The second kappa shape index (κ2) is 5.72. The van der Waals surface area contributed by atoms with Gasteiger partial charge in [-0.1, -0.05) is 12.1 Å². The molecule has 1 aliphatic rings. The van der Waals surface area contributed by atoms with Crippen LogP contribution in [0.2, 0.25) is 0 Å². The highest BCUT2D eigenvalue weighted by Gasteiger charge is 2.28. The molecule has 3 rings (SSSR count). The van der Waals surface area contributed by atoms with Gasteiger partial charge in [0.2, 0.25) is 5.91 Å². The maximum Gasteiger partial charge on any atom is 0.222 e. The van der Waals surface area contributed by atoms with E-state index in [9.17, 15) is 13.2 Å². The molecule has 1 amide bonds. The minimum atomic E-state index is -2.97. The zero-order chi connectivity index (χ0) is 15.7. The predicted molar refractivity (Wildman–Crippen MR) is 84.3 cm³/mol. The van der Waals surface area contributed by atoms with E-state index < -0.39 is 9.84 Å². The summed E-state index contributed by atoms with van der Waals surface area (Å²) in [5.74, 6) is 0.0994. The summed E-state index contributed by atoms with van der Waals surface area (Å²) in [7, 11) is -2.97. The van der Waals surface area contributed by atoms with Crippen molar-refractivity contribution in [3.63, 3.8) is 0 Å². The molecular formula is C15H19N3O3S. The molecule has 118 valence electrons. The Balaban J connectivity index is 1.59. The quantitative estimate of drug-likeness (QED) is 0.912. The molecule has 1 N–H and O–H groups in total. The van der Waals surface area contributed by atoms with Gasteiger partial charge in [-0.2, -0.15) is 5.10 Å². The number of sulfone groups is 1. The van der Waals surface area contributed by atoms with Gasteiger partial charge >= 0.3 is 0 Å². The Morgan fingerprint density at radius 2 is 2.27 bits per heavy atom. The van der Waals surface area contributed by atoms with Crippen LogP contribution in [0.5, 0.6) is 0 Å². The summed E-state index contributed by atoms with van der Waals surface area (Å²) in [6, 6.07) is 5.84. The first-order chi connectivity index (χ1) is 10.4. The normalized spacial score (nSPS) is 20.3. The molecule has 1 atom stereocenters. The van der Waals surface area contributed by atoms with E-state index in [-0.39, 0.29) is 23.5 Å². The third-order valence-electron chi connectivity index (χ3n) is 3.95. The molecule has 1 aromatic carbocycles. The topological polar surface area (TPSA) is 81.1 Å². The zero-order valence-corrected chi connectivity index (χ0v) is 13.3. The minimum absolute atomic E-state index is 0.0582. The van der Waals surface area contributed by atoms with Crippen molar-refractivity contribution in [2.24, 2.45) is 0 Å². The lowest BCUT2D eigenvalue weighted by Gasteiger charge is -2.11. The van der Waals surface area contributed by atoms with E-state index in [0.717, 1.165) is 16.5 Å². The van der Waals surface area contributed by atoms with Gasteiger partial charge in [0.15, 0.2) is 9.84 Å². The number of nitrogens with zero attached hydrogens (tertiary/aromatic N) is 2. The smallest absolute Gasteiger partial charge is 0.222 e. The molecule has 22 heavy (non-hydrogen) atoms. The first-order valence-corrected chi connectivity index (χ1v) is 9.17. The summed E-state index contributed by atoms with van der Waals surface area (Å²) < 4.78 is 24.6. The van der Waals surface area contributed by atoms with E-state index in [2.05, 4.69) is 10.4 Å². The number of aromatic nitrogens is 2. The third kappa shape index (κ3) is 3.30. The lowest BCUT2D eigenvalue weighted by Crippen LogP contribution is -2.36. The molecule has 0 aliphatic carbocycles. The second-order valence-electron chi connectivity index (χ2n) is 5.85. The van der Waals surface area contributed by atoms with Gasteiger partial charge in [0.1, 0.15) is 0 Å². The highest BCUT2D eigenvalue weighted by molar-refractivity contribution is 7.91. The molecule has 0 saturated carbocycles. The van der Waals surface area contributed by atoms with Crippen molar-refractivity contribution in [1.29, 1.82) is 0 Å². The number of hydrogen-bond donors (Lipinski definition) is 1. The van der Waals surface area contributed by atoms with Gasteiger partial charge in [-0.05, 0) is 25.0 Å². The number of aryl methyl sites for hydroxylation is 2. The van der Waals surface area contributed by atoms with Gasteiger partial charge in [-0.25, -0.2) is 8.42 Å². The number of fused-ring (bicyclic) bond motifs is 1. The van der Waals surface area contributed by atoms with Gasteiger partial charge in [-0.3, -0.25) is 9.48 Å². The molecule has 1 aromatic heterocycles. The number of carbonyl (C=O) groups is 1. The number of nitrogens with one attached hydrogen (secondary N) is 1. The largest absolute Gasteiger partial charge is 0.352 e. The van der Waals surface area contributed by atoms with Gasteiger partial charge < -0.3 is 5.32 Å². The Morgan fingerprint density at radius 3 is 3.00 bits per heavy atom. The van der Waals surface area contributed by atoms with Crippen molar-refractivity contribution in [3.05, 3.63) is 30.0 Å². The Labute approximate surface area is 129 Å². The second-order valence-corrected chi connectivity index (χ2v) is 8.08. The fourth-order valence-corrected chi connectivity index (χ4v) is 4.45. The van der Waals surface area contributed by atoms with E-state index >= 15 is 0 Å². The van der Waals surface area contributed by atoms with Crippen LogP contribution in [-0.2, 0) is 21.2 Å². The zero-order valence-electron chi connectivity index (χ0n) is 12.4. The number of rotatable bonds is 4. The number of hydrogen-bond acceptors (Lipinski definition) is 4. The van der Waals surface area contributed by atoms with Crippen LogP contribution < -0.4 is 5.32 Å². The van der Waals surface area contributed by atoms with Crippen LogP contribution in [0.4, 0.5) is 0 Å². The van der Waals surface area contributed by atoms with E-state index in [1.165, 1.54) is 0 Å². The third-order valence-corrected chi connectivity index (χ3v) is 5.72. The van der Waals surface area contributed by atoms with Crippen LogP contribution in [0, 0.1) is 6.92 Å². The number of carbonyl (C=O) groups excluding carboxylic acids is 1. The molecule has 1 aliphatic heterocycles. The van der Waals surface area contributed by atoms with Crippen LogP contribution >= 0.6 is 0 Å². The molecule has 0 bridgehead atoms. The van der Waals surface area contributed by atoms with E-state index in [4.69, 9.17) is 0 Å². The summed E-state index contributed by atoms with van der Waals surface area (Å²) in [4.78, 5) is 12.0. The number of amides is 1. The average molecular weight is 321 g/mol. The fourth-order valence-electron chi connectivity index (χ4n) is 2.77. The molecular weight excluding hydrogens is 302 g/mol. The minimum Gasteiger partial charge on any atom is -0.352 e. The SMILES string of the molecule is Cc1ccc2cnn(CCC(=O)NC3CCS(=O)(=O)C3)c2c1. The highest BCUT2D eigenvalue weighted by atomic mass is 32.2. The van der Waals surface area contributed by atoms with Gasteiger partial charge in [0, 0.05) is 17.8 Å². The molecule has 0 spiro atoms. The summed E-state index contributed by atoms with van der Waals surface area (Å²) in [5, 5.41) is 8.15. The maximum atomic E-state index is 12.0. The van der Waals surface area contributed by atoms with Gasteiger partial charge in [0.25, 0.3) is 0 Å². The van der Waals surface area contributed by atoms with Crippen LogP contribution in [0.1, 0.15) is 18.4 Å². The van der Waals surface area contributed by atoms with Crippen molar-refractivity contribution in [2.75, 3.05) is 11.5 Å².